The van der Waals surface area contributed by atoms with Gasteiger partial charge >= 0.3 is 11.9 Å². The molecule has 0 radical (unpaired) electrons. The molecule has 7 heteroatoms. The maximum Gasteiger partial charge on any atom is 0.351 e. The number of nitrogens with zero attached hydrogens (tertiary/aromatic N) is 1. The molecule has 1 aromatic heterocycles. The van der Waals surface area contributed by atoms with E-state index >= 15 is 0 Å². The number of aromatic amines is 1. The molecule has 0 aliphatic heterocycles. The van der Waals surface area contributed by atoms with Crippen LogP contribution in [0.2, 0.25) is 0 Å². The van der Waals surface area contributed by atoms with E-state index in [1.807, 2.05) is 0 Å². The lowest BCUT2D eigenvalue weighted by molar-refractivity contribution is -0.134. The van der Waals surface area contributed by atoms with Crippen LogP contribution in [0.25, 0.3) is 0 Å². The zero-order chi connectivity index (χ0) is 13.4. The van der Waals surface area contributed by atoms with E-state index in [-0.39, 0.29) is 13.2 Å². The lowest BCUT2D eigenvalue weighted by atomic mass is 10.3. The number of hydrazone groups is 1. The minimum atomic E-state index is -0.561. The molecule has 18 heavy (non-hydrogen) atoms. The molecule has 0 spiro atoms. The highest BCUT2D eigenvalue weighted by Crippen LogP contribution is 2.13. The standard InChI is InChI=1S/C11H15N3O4/c1-3-17-9(15)7-13-14-10-8(5-6-12-10)11(16)18-4-2/h5-7,12,14H,3-4H2,1-2H3/b13-7+. The lowest BCUT2D eigenvalue weighted by Crippen LogP contribution is -2.08. The van der Waals surface area contributed by atoms with Crippen LogP contribution in [0, 0.1) is 0 Å². The molecule has 0 bridgehead atoms. The number of hydrogen-bond donors (Lipinski definition) is 2. The van der Waals surface area contributed by atoms with E-state index in [2.05, 4.69) is 20.2 Å². The Morgan fingerprint density at radius 3 is 2.78 bits per heavy atom. The fraction of sp³-hybridized carbons (Fsp3) is 0.364. The Labute approximate surface area is 104 Å². The van der Waals surface area contributed by atoms with Crippen LogP contribution in [0.3, 0.4) is 0 Å². The summed E-state index contributed by atoms with van der Waals surface area (Å²) in [6, 6.07) is 1.56. The maximum absolute atomic E-state index is 11.5. The third-order valence-electron chi connectivity index (χ3n) is 1.88. The van der Waals surface area contributed by atoms with E-state index in [9.17, 15) is 9.59 Å². The van der Waals surface area contributed by atoms with Crippen LogP contribution < -0.4 is 5.43 Å². The van der Waals surface area contributed by atoms with Gasteiger partial charge in [-0.15, -0.1) is 0 Å². The molecule has 0 fully saturated rings. The van der Waals surface area contributed by atoms with Crippen molar-refractivity contribution in [3.8, 4) is 0 Å². The highest BCUT2D eigenvalue weighted by atomic mass is 16.5. The topological polar surface area (TPSA) is 92.8 Å². The number of aromatic nitrogens is 1. The van der Waals surface area contributed by atoms with E-state index in [0.717, 1.165) is 6.21 Å². The van der Waals surface area contributed by atoms with E-state index in [0.29, 0.717) is 11.4 Å². The smallest absolute Gasteiger partial charge is 0.351 e. The number of H-pyrrole nitrogens is 1. The van der Waals surface area contributed by atoms with Gasteiger partial charge in [0.1, 0.15) is 17.6 Å². The quantitative estimate of drug-likeness (QED) is 0.450. The van der Waals surface area contributed by atoms with Gasteiger partial charge < -0.3 is 14.5 Å². The van der Waals surface area contributed by atoms with Crippen LogP contribution in [0.5, 0.6) is 0 Å². The van der Waals surface area contributed by atoms with Crippen molar-refractivity contribution in [1.29, 1.82) is 0 Å². The molecule has 7 nitrogen and oxygen atoms in total. The SMILES string of the molecule is CCOC(=O)/C=N/Nc1[nH]ccc1C(=O)OCC. The summed E-state index contributed by atoms with van der Waals surface area (Å²) < 4.78 is 9.50. The first-order valence-corrected chi connectivity index (χ1v) is 5.49. The number of esters is 2. The van der Waals surface area contributed by atoms with E-state index in [1.165, 1.54) is 0 Å². The van der Waals surface area contributed by atoms with Crippen molar-refractivity contribution in [2.24, 2.45) is 5.10 Å². The molecule has 0 aliphatic rings. The fourth-order valence-corrected chi connectivity index (χ4v) is 1.17. The average molecular weight is 253 g/mol. The van der Waals surface area contributed by atoms with Gasteiger partial charge in [0.25, 0.3) is 0 Å². The molecule has 0 atom stereocenters. The summed E-state index contributed by atoms with van der Waals surface area (Å²) in [7, 11) is 0. The van der Waals surface area contributed by atoms with Crippen LogP contribution >= 0.6 is 0 Å². The van der Waals surface area contributed by atoms with Crippen molar-refractivity contribution in [1.82, 2.24) is 4.98 Å². The van der Waals surface area contributed by atoms with Crippen LogP contribution in [0.1, 0.15) is 24.2 Å². The molecule has 0 saturated carbocycles. The normalized spacial score (nSPS) is 10.3. The summed E-state index contributed by atoms with van der Waals surface area (Å²) in [4.78, 5) is 25.3. The fourth-order valence-electron chi connectivity index (χ4n) is 1.17. The number of anilines is 1. The number of carbonyl (C=O) groups excluding carboxylic acids is 2. The molecule has 98 valence electrons. The summed E-state index contributed by atoms with van der Waals surface area (Å²) in [5, 5.41) is 3.65. The lowest BCUT2D eigenvalue weighted by Gasteiger charge is -2.02. The monoisotopic (exact) mass is 253 g/mol. The van der Waals surface area contributed by atoms with Gasteiger partial charge in [0.05, 0.1) is 13.2 Å². The Hall–Kier alpha value is -2.31. The molecule has 1 aromatic rings. The number of carbonyl (C=O) groups is 2. The number of rotatable bonds is 6. The number of ether oxygens (including phenoxy) is 2. The van der Waals surface area contributed by atoms with Gasteiger partial charge in [-0.05, 0) is 19.9 Å². The van der Waals surface area contributed by atoms with Gasteiger partial charge in [-0.1, -0.05) is 0 Å². The van der Waals surface area contributed by atoms with Crippen LogP contribution in [-0.4, -0.2) is 36.4 Å². The molecule has 2 N–H and O–H groups in total. The zero-order valence-electron chi connectivity index (χ0n) is 10.2. The van der Waals surface area contributed by atoms with Gasteiger partial charge in [-0.25, -0.2) is 9.59 Å². The van der Waals surface area contributed by atoms with Crippen molar-refractivity contribution < 1.29 is 19.1 Å². The Bertz CT molecular complexity index is 439. The van der Waals surface area contributed by atoms with E-state index in [4.69, 9.17) is 4.74 Å². The van der Waals surface area contributed by atoms with Crippen molar-refractivity contribution in [3.63, 3.8) is 0 Å². The Balaban J connectivity index is 2.60. The summed E-state index contributed by atoms with van der Waals surface area (Å²) >= 11 is 0. The van der Waals surface area contributed by atoms with Gasteiger partial charge in [-0.2, -0.15) is 5.10 Å². The number of nitrogens with one attached hydrogen (secondary N) is 2. The van der Waals surface area contributed by atoms with Gasteiger partial charge in [0.15, 0.2) is 0 Å². The molecular formula is C11H15N3O4. The van der Waals surface area contributed by atoms with E-state index < -0.39 is 11.9 Å². The molecule has 0 amide bonds. The average Bonchev–Trinajstić information content (AvgIpc) is 2.78. The van der Waals surface area contributed by atoms with Crippen molar-refractivity contribution >= 4 is 24.0 Å². The van der Waals surface area contributed by atoms with Gasteiger partial charge in [0, 0.05) is 6.20 Å². The predicted molar refractivity (Wildman–Crippen MR) is 65.5 cm³/mol. The van der Waals surface area contributed by atoms with Crippen LogP contribution in [0.4, 0.5) is 5.82 Å². The van der Waals surface area contributed by atoms with Crippen molar-refractivity contribution in [3.05, 3.63) is 17.8 Å². The molecule has 0 aromatic carbocycles. The molecule has 1 rings (SSSR count). The summed E-state index contributed by atoms with van der Waals surface area (Å²) in [6.45, 7) is 3.98. The van der Waals surface area contributed by atoms with Crippen molar-refractivity contribution in [2.75, 3.05) is 18.6 Å². The molecule has 1 heterocycles. The molecule has 0 saturated heterocycles. The van der Waals surface area contributed by atoms with Crippen LogP contribution in [-0.2, 0) is 14.3 Å². The second kappa shape index (κ2) is 7.10. The maximum atomic E-state index is 11.5. The second-order valence-electron chi connectivity index (χ2n) is 3.11. The summed E-state index contributed by atoms with van der Waals surface area (Å²) in [5.41, 5.74) is 2.85. The highest BCUT2D eigenvalue weighted by molar-refractivity contribution is 6.23. The first-order valence-electron chi connectivity index (χ1n) is 5.49. The van der Waals surface area contributed by atoms with Crippen molar-refractivity contribution in [2.45, 2.75) is 13.8 Å². The number of hydrogen-bond acceptors (Lipinski definition) is 6. The Kier molecular flexibility index (Phi) is 5.43. The minimum Gasteiger partial charge on any atom is -0.462 e. The zero-order valence-corrected chi connectivity index (χ0v) is 10.2. The summed E-state index contributed by atoms with van der Waals surface area (Å²) in [5.74, 6) is -0.671. The molecule has 0 unspecified atom stereocenters. The van der Waals surface area contributed by atoms with Gasteiger partial charge in [0.2, 0.25) is 0 Å². The van der Waals surface area contributed by atoms with E-state index in [1.54, 1.807) is 26.1 Å². The Morgan fingerprint density at radius 1 is 1.39 bits per heavy atom. The largest absolute Gasteiger partial charge is 0.462 e. The first-order chi connectivity index (χ1) is 8.69. The van der Waals surface area contributed by atoms with Gasteiger partial charge in [-0.3, -0.25) is 5.43 Å². The summed E-state index contributed by atoms with van der Waals surface area (Å²) in [6.07, 6.45) is 2.55. The third kappa shape index (κ3) is 3.93. The minimum absolute atomic E-state index is 0.279. The third-order valence-corrected chi connectivity index (χ3v) is 1.88. The second-order valence-corrected chi connectivity index (χ2v) is 3.11. The molecular weight excluding hydrogens is 238 g/mol. The van der Waals surface area contributed by atoms with Crippen LogP contribution in [0.15, 0.2) is 17.4 Å². The predicted octanol–water partition coefficient (Wildman–Crippen LogP) is 1.15. The molecule has 0 aliphatic carbocycles. The first kappa shape index (κ1) is 13.8. The highest BCUT2D eigenvalue weighted by Gasteiger charge is 2.12. The Morgan fingerprint density at radius 2 is 2.11 bits per heavy atom.